The summed E-state index contributed by atoms with van der Waals surface area (Å²) in [4.78, 5) is 6.23. The van der Waals surface area contributed by atoms with Crippen LogP contribution in [0.15, 0.2) is 6.07 Å². The maximum Gasteiger partial charge on any atom is 0.168 e. The van der Waals surface area contributed by atoms with Crippen LogP contribution in [0.2, 0.25) is 0 Å². The van der Waals surface area contributed by atoms with E-state index in [4.69, 9.17) is 0 Å². The van der Waals surface area contributed by atoms with Crippen LogP contribution in [0.25, 0.3) is 0 Å². The summed E-state index contributed by atoms with van der Waals surface area (Å²) in [6.45, 7) is 3.66. The van der Waals surface area contributed by atoms with Gasteiger partial charge in [-0.15, -0.1) is 0 Å². The number of hydrogen-bond acceptors (Lipinski definition) is 4. The predicted octanol–water partition coefficient (Wildman–Crippen LogP) is 2.30. The molecule has 0 amide bonds. The molecule has 1 aliphatic heterocycles. The largest absolute Gasteiger partial charge is 0.371 e. The molecule has 2 rings (SSSR count). The standard InChI is InChI=1S/C13H20F2N4/c1-16-12-10(14)9-11(15)13(18-12)17-5-8-19-6-3-2-4-7-19/h9H,2-8H2,1H3,(H2,16,17,18). The van der Waals surface area contributed by atoms with Crippen molar-refractivity contribution >= 4 is 11.6 Å². The second-order valence-electron chi connectivity index (χ2n) is 4.73. The number of nitrogens with zero attached hydrogens (tertiary/aromatic N) is 2. The maximum absolute atomic E-state index is 13.5. The Hall–Kier alpha value is -1.43. The van der Waals surface area contributed by atoms with Crippen molar-refractivity contribution < 1.29 is 8.78 Å². The first-order chi connectivity index (χ1) is 9.20. The molecule has 0 aliphatic carbocycles. The lowest BCUT2D eigenvalue weighted by molar-refractivity contribution is 0.237. The summed E-state index contributed by atoms with van der Waals surface area (Å²) in [5.41, 5.74) is 0. The maximum atomic E-state index is 13.5. The SMILES string of the molecule is CNc1nc(NCCN2CCCCC2)c(F)cc1F. The summed E-state index contributed by atoms with van der Waals surface area (Å²) in [6, 6.07) is 0.849. The molecule has 1 saturated heterocycles. The number of aromatic nitrogens is 1. The summed E-state index contributed by atoms with van der Waals surface area (Å²) >= 11 is 0. The molecule has 0 bridgehead atoms. The molecular weight excluding hydrogens is 250 g/mol. The number of pyridine rings is 1. The molecule has 0 spiro atoms. The van der Waals surface area contributed by atoms with Crippen LogP contribution in [0.1, 0.15) is 19.3 Å². The average molecular weight is 270 g/mol. The zero-order chi connectivity index (χ0) is 13.7. The zero-order valence-electron chi connectivity index (χ0n) is 11.2. The van der Waals surface area contributed by atoms with E-state index in [1.165, 1.54) is 19.3 Å². The first kappa shape index (κ1) is 14.0. The average Bonchev–Trinajstić information content (AvgIpc) is 2.42. The van der Waals surface area contributed by atoms with Crippen molar-refractivity contribution in [2.45, 2.75) is 19.3 Å². The third kappa shape index (κ3) is 3.76. The summed E-state index contributed by atoms with van der Waals surface area (Å²) in [7, 11) is 1.56. The third-order valence-electron chi connectivity index (χ3n) is 3.34. The number of rotatable bonds is 5. The van der Waals surface area contributed by atoms with Crippen molar-refractivity contribution in [2.24, 2.45) is 0 Å². The van der Waals surface area contributed by atoms with Gasteiger partial charge in [0.2, 0.25) is 0 Å². The molecule has 0 atom stereocenters. The van der Waals surface area contributed by atoms with Crippen LogP contribution in [0.3, 0.4) is 0 Å². The molecule has 2 N–H and O–H groups in total. The molecule has 4 nitrogen and oxygen atoms in total. The summed E-state index contributed by atoms with van der Waals surface area (Å²) < 4.78 is 26.8. The van der Waals surface area contributed by atoms with Gasteiger partial charge in [0.1, 0.15) is 0 Å². The van der Waals surface area contributed by atoms with Crippen molar-refractivity contribution in [1.82, 2.24) is 9.88 Å². The number of nitrogens with one attached hydrogen (secondary N) is 2. The van der Waals surface area contributed by atoms with E-state index in [-0.39, 0.29) is 11.6 Å². The summed E-state index contributed by atoms with van der Waals surface area (Å²) in [6.07, 6.45) is 3.75. The quantitative estimate of drug-likeness (QED) is 0.861. The second kappa shape index (κ2) is 6.65. The van der Waals surface area contributed by atoms with Crippen LogP contribution < -0.4 is 10.6 Å². The van der Waals surface area contributed by atoms with E-state index in [1.807, 2.05) is 0 Å². The van der Waals surface area contributed by atoms with E-state index < -0.39 is 11.6 Å². The van der Waals surface area contributed by atoms with Crippen LogP contribution >= 0.6 is 0 Å². The van der Waals surface area contributed by atoms with Gasteiger partial charge >= 0.3 is 0 Å². The fourth-order valence-corrected chi connectivity index (χ4v) is 2.28. The molecule has 0 radical (unpaired) electrons. The highest BCUT2D eigenvalue weighted by Gasteiger charge is 2.12. The Morgan fingerprint density at radius 3 is 2.53 bits per heavy atom. The van der Waals surface area contributed by atoms with Gasteiger partial charge in [-0.1, -0.05) is 6.42 Å². The lowest BCUT2D eigenvalue weighted by Gasteiger charge is -2.26. The van der Waals surface area contributed by atoms with Crippen LogP contribution in [0, 0.1) is 11.6 Å². The molecule has 106 valence electrons. The van der Waals surface area contributed by atoms with Gasteiger partial charge in [-0.3, -0.25) is 0 Å². The number of likely N-dealkylation sites (tertiary alicyclic amines) is 1. The van der Waals surface area contributed by atoms with E-state index in [9.17, 15) is 8.78 Å². The van der Waals surface area contributed by atoms with Gasteiger partial charge in [-0.25, -0.2) is 13.8 Å². The molecule has 1 aromatic heterocycles. The van der Waals surface area contributed by atoms with Crippen LogP contribution in [-0.2, 0) is 0 Å². The van der Waals surface area contributed by atoms with E-state index >= 15 is 0 Å². The van der Waals surface area contributed by atoms with Gasteiger partial charge in [-0.2, -0.15) is 0 Å². The van der Waals surface area contributed by atoms with Gasteiger partial charge in [0.15, 0.2) is 23.3 Å². The van der Waals surface area contributed by atoms with Crippen molar-refractivity contribution in [2.75, 3.05) is 43.9 Å². The van der Waals surface area contributed by atoms with Crippen LogP contribution in [-0.4, -0.2) is 43.1 Å². The van der Waals surface area contributed by atoms with E-state index in [1.54, 1.807) is 7.05 Å². The van der Waals surface area contributed by atoms with Crippen molar-refractivity contribution in [1.29, 1.82) is 0 Å². The lowest BCUT2D eigenvalue weighted by Crippen LogP contribution is -2.33. The smallest absolute Gasteiger partial charge is 0.168 e. The molecule has 1 fully saturated rings. The molecular formula is C13H20F2N4. The molecule has 0 aromatic carbocycles. The van der Waals surface area contributed by atoms with Crippen LogP contribution in [0.5, 0.6) is 0 Å². The fraction of sp³-hybridized carbons (Fsp3) is 0.615. The van der Waals surface area contributed by atoms with Crippen molar-refractivity contribution in [3.05, 3.63) is 17.7 Å². The Balaban J connectivity index is 1.88. The minimum atomic E-state index is -0.679. The van der Waals surface area contributed by atoms with E-state index in [0.29, 0.717) is 6.54 Å². The molecule has 1 aliphatic rings. The van der Waals surface area contributed by atoms with Crippen molar-refractivity contribution in [3.63, 3.8) is 0 Å². The highest BCUT2D eigenvalue weighted by molar-refractivity contribution is 5.47. The number of halogens is 2. The highest BCUT2D eigenvalue weighted by Crippen LogP contribution is 2.18. The Labute approximate surface area is 112 Å². The molecule has 1 aromatic rings. The van der Waals surface area contributed by atoms with Crippen molar-refractivity contribution in [3.8, 4) is 0 Å². The molecule has 0 saturated carbocycles. The van der Waals surface area contributed by atoms with Gasteiger partial charge in [0.05, 0.1) is 0 Å². The summed E-state index contributed by atoms with van der Waals surface area (Å²) in [5, 5.41) is 5.53. The number of anilines is 2. The number of piperidine rings is 1. The zero-order valence-corrected chi connectivity index (χ0v) is 11.2. The second-order valence-corrected chi connectivity index (χ2v) is 4.73. The van der Waals surface area contributed by atoms with E-state index in [0.717, 1.165) is 25.7 Å². The Bertz CT molecular complexity index is 419. The minimum absolute atomic E-state index is 0.0573. The monoisotopic (exact) mass is 270 g/mol. The first-order valence-corrected chi connectivity index (χ1v) is 6.70. The van der Waals surface area contributed by atoms with E-state index in [2.05, 4.69) is 20.5 Å². The molecule has 6 heteroatoms. The van der Waals surface area contributed by atoms with Gasteiger partial charge in [0, 0.05) is 26.2 Å². The minimum Gasteiger partial charge on any atom is -0.371 e. The molecule has 2 heterocycles. The third-order valence-corrected chi connectivity index (χ3v) is 3.34. The Morgan fingerprint density at radius 1 is 1.16 bits per heavy atom. The molecule has 0 unspecified atom stereocenters. The van der Waals surface area contributed by atoms with Gasteiger partial charge in [0.25, 0.3) is 0 Å². The highest BCUT2D eigenvalue weighted by atomic mass is 19.1. The first-order valence-electron chi connectivity index (χ1n) is 6.70. The predicted molar refractivity (Wildman–Crippen MR) is 72.5 cm³/mol. The summed E-state index contributed by atoms with van der Waals surface area (Å²) in [5.74, 6) is -1.18. The topological polar surface area (TPSA) is 40.2 Å². The normalized spacial score (nSPS) is 16.4. The lowest BCUT2D eigenvalue weighted by atomic mass is 10.1. The number of hydrogen-bond donors (Lipinski definition) is 2. The Kier molecular flexibility index (Phi) is 4.90. The van der Waals surface area contributed by atoms with Gasteiger partial charge < -0.3 is 15.5 Å². The van der Waals surface area contributed by atoms with Gasteiger partial charge in [-0.05, 0) is 25.9 Å². The fourth-order valence-electron chi connectivity index (χ4n) is 2.28. The Morgan fingerprint density at radius 2 is 1.84 bits per heavy atom. The molecule has 19 heavy (non-hydrogen) atoms. The van der Waals surface area contributed by atoms with Crippen LogP contribution in [0.4, 0.5) is 20.4 Å².